The summed E-state index contributed by atoms with van der Waals surface area (Å²) in [7, 11) is 3.14. The first-order chi connectivity index (χ1) is 17.6. The van der Waals surface area contributed by atoms with Crippen LogP contribution < -0.4 is 14.8 Å². The third kappa shape index (κ3) is 5.85. The van der Waals surface area contributed by atoms with Crippen LogP contribution in [0.15, 0.2) is 102 Å². The second kappa shape index (κ2) is 11.9. The summed E-state index contributed by atoms with van der Waals surface area (Å²) < 4.78 is 10.5. The first kappa shape index (κ1) is 24.8. The highest BCUT2D eigenvalue weighted by molar-refractivity contribution is 6.14. The molecule has 4 rings (SSSR count). The first-order valence-electron chi connectivity index (χ1n) is 11.7. The lowest BCUT2D eigenvalue weighted by molar-refractivity contribution is 0.404. The third-order valence-corrected chi connectivity index (χ3v) is 5.92. The summed E-state index contributed by atoms with van der Waals surface area (Å²) in [6, 6.07) is 30.0. The van der Waals surface area contributed by atoms with Crippen LogP contribution in [0.1, 0.15) is 28.3 Å². The number of phenolic OH excluding ortho intramolecular Hbond substituents is 2. The number of ether oxygens (including phenoxy) is 2. The van der Waals surface area contributed by atoms with Gasteiger partial charge in [0.15, 0.2) is 0 Å². The number of aliphatic imine (C=N–C) groups is 1. The van der Waals surface area contributed by atoms with Crippen molar-refractivity contribution in [2.45, 2.75) is 6.04 Å². The standard InChI is InChI=1S/C30H30N2O4/c1-35-23-13-15-25(27(33)19-23)29(21-9-5-3-6-10-21)31-17-18-32-30(22-11-7-4-8-12-22)26-16-14-24(36-2)20-28(26)34/h3-16,19-20,29,31,33-34H,17-18H2,1-2H3/t29-/m0/s1. The van der Waals surface area contributed by atoms with E-state index in [1.165, 1.54) is 0 Å². The largest absolute Gasteiger partial charge is 0.507 e. The molecule has 3 N–H and O–H groups in total. The number of nitrogens with zero attached hydrogens (tertiary/aromatic N) is 1. The number of benzene rings is 4. The Balaban J connectivity index is 1.59. The van der Waals surface area contributed by atoms with Gasteiger partial charge in [0.25, 0.3) is 0 Å². The molecule has 0 heterocycles. The second-order valence-electron chi connectivity index (χ2n) is 8.20. The zero-order valence-electron chi connectivity index (χ0n) is 20.4. The predicted octanol–water partition coefficient (Wildman–Crippen LogP) is 5.33. The van der Waals surface area contributed by atoms with Gasteiger partial charge in [-0.3, -0.25) is 4.99 Å². The van der Waals surface area contributed by atoms with Gasteiger partial charge in [0.2, 0.25) is 0 Å². The van der Waals surface area contributed by atoms with Gasteiger partial charge in [-0.15, -0.1) is 0 Å². The Hall–Kier alpha value is -4.29. The van der Waals surface area contributed by atoms with E-state index in [1.807, 2.05) is 84.9 Å². The van der Waals surface area contributed by atoms with Crippen LogP contribution in [0.2, 0.25) is 0 Å². The molecule has 0 aromatic heterocycles. The van der Waals surface area contributed by atoms with Crippen LogP contribution in [0.25, 0.3) is 0 Å². The average molecular weight is 483 g/mol. The minimum Gasteiger partial charge on any atom is -0.507 e. The van der Waals surface area contributed by atoms with Gasteiger partial charge >= 0.3 is 0 Å². The predicted molar refractivity (Wildman–Crippen MR) is 143 cm³/mol. The molecule has 0 saturated heterocycles. The molecule has 6 heteroatoms. The van der Waals surface area contributed by atoms with Crippen molar-refractivity contribution in [2.75, 3.05) is 27.3 Å². The van der Waals surface area contributed by atoms with Gasteiger partial charge in [0.1, 0.15) is 23.0 Å². The van der Waals surface area contributed by atoms with Gasteiger partial charge in [-0.05, 0) is 29.8 Å². The molecule has 6 nitrogen and oxygen atoms in total. The fourth-order valence-electron chi connectivity index (χ4n) is 4.09. The molecule has 4 aromatic carbocycles. The Labute approximate surface area is 211 Å². The second-order valence-corrected chi connectivity index (χ2v) is 8.20. The zero-order chi connectivity index (χ0) is 25.3. The molecule has 0 saturated carbocycles. The minimum absolute atomic E-state index is 0.107. The molecule has 184 valence electrons. The van der Waals surface area contributed by atoms with E-state index in [9.17, 15) is 10.2 Å². The summed E-state index contributed by atoms with van der Waals surface area (Å²) in [5, 5.41) is 24.9. The average Bonchev–Trinajstić information content (AvgIpc) is 2.92. The first-order valence-corrected chi connectivity index (χ1v) is 11.7. The fraction of sp³-hybridized carbons (Fsp3) is 0.167. The molecule has 0 aliphatic heterocycles. The van der Waals surface area contributed by atoms with Crippen LogP contribution >= 0.6 is 0 Å². The minimum atomic E-state index is -0.234. The van der Waals surface area contributed by atoms with Crippen molar-refractivity contribution in [3.63, 3.8) is 0 Å². The van der Waals surface area contributed by atoms with E-state index in [1.54, 1.807) is 26.4 Å². The quantitative estimate of drug-likeness (QED) is 0.210. The Morgan fingerprint density at radius 2 is 1.39 bits per heavy atom. The van der Waals surface area contributed by atoms with Crippen molar-refractivity contribution < 1.29 is 19.7 Å². The normalized spacial score (nSPS) is 12.2. The number of nitrogens with one attached hydrogen (secondary N) is 1. The van der Waals surface area contributed by atoms with Crippen LogP contribution in [0, 0.1) is 0 Å². The summed E-state index contributed by atoms with van der Waals surface area (Å²) in [6.07, 6.45) is 0. The van der Waals surface area contributed by atoms with E-state index in [0.29, 0.717) is 35.9 Å². The van der Waals surface area contributed by atoms with E-state index in [-0.39, 0.29) is 17.5 Å². The van der Waals surface area contributed by atoms with Crippen molar-refractivity contribution in [3.8, 4) is 23.0 Å². The van der Waals surface area contributed by atoms with E-state index in [4.69, 9.17) is 14.5 Å². The molecule has 0 bridgehead atoms. The molecule has 0 amide bonds. The molecule has 1 atom stereocenters. The highest BCUT2D eigenvalue weighted by atomic mass is 16.5. The van der Waals surface area contributed by atoms with Gasteiger partial charge in [0.05, 0.1) is 32.5 Å². The van der Waals surface area contributed by atoms with Gasteiger partial charge in [-0.1, -0.05) is 60.7 Å². The lowest BCUT2D eigenvalue weighted by atomic mass is 9.97. The van der Waals surface area contributed by atoms with Gasteiger partial charge < -0.3 is 25.0 Å². The summed E-state index contributed by atoms with van der Waals surface area (Å²) in [4.78, 5) is 4.86. The molecule has 0 aliphatic carbocycles. The van der Waals surface area contributed by atoms with Gasteiger partial charge in [-0.2, -0.15) is 0 Å². The molecule has 0 spiro atoms. The number of rotatable bonds is 10. The van der Waals surface area contributed by atoms with Crippen molar-refractivity contribution in [1.82, 2.24) is 5.32 Å². The number of methoxy groups -OCH3 is 2. The molecule has 0 radical (unpaired) electrons. The van der Waals surface area contributed by atoms with Crippen LogP contribution in [0.3, 0.4) is 0 Å². The summed E-state index contributed by atoms with van der Waals surface area (Å²) in [5.41, 5.74) is 4.01. The third-order valence-electron chi connectivity index (χ3n) is 5.92. The molecular formula is C30H30N2O4. The number of hydrogen-bond acceptors (Lipinski definition) is 6. The number of hydrogen-bond donors (Lipinski definition) is 3. The summed E-state index contributed by atoms with van der Waals surface area (Å²) in [5.74, 6) is 1.44. The maximum atomic E-state index is 10.7. The van der Waals surface area contributed by atoms with Gasteiger partial charge in [0, 0.05) is 35.4 Å². The van der Waals surface area contributed by atoms with E-state index in [0.717, 1.165) is 16.7 Å². The van der Waals surface area contributed by atoms with Crippen molar-refractivity contribution in [1.29, 1.82) is 0 Å². The van der Waals surface area contributed by atoms with Gasteiger partial charge in [-0.25, -0.2) is 0 Å². The molecule has 0 fully saturated rings. The molecule has 0 unspecified atom stereocenters. The number of phenols is 2. The summed E-state index contributed by atoms with van der Waals surface area (Å²) in [6.45, 7) is 0.994. The highest BCUT2D eigenvalue weighted by Gasteiger charge is 2.18. The maximum Gasteiger partial charge on any atom is 0.128 e. The van der Waals surface area contributed by atoms with Crippen LogP contribution in [0.4, 0.5) is 0 Å². The molecular weight excluding hydrogens is 452 g/mol. The Morgan fingerprint density at radius 3 is 2.00 bits per heavy atom. The Morgan fingerprint density at radius 1 is 0.778 bits per heavy atom. The lowest BCUT2D eigenvalue weighted by Crippen LogP contribution is -2.25. The highest BCUT2D eigenvalue weighted by Crippen LogP contribution is 2.32. The lowest BCUT2D eigenvalue weighted by Gasteiger charge is -2.21. The van der Waals surface area contributed by atoms with Crippen LogP contribution in [-0.2, 0) is 0 Å². The number of aromatic hydroxyl groups is 2. The Bertz CT molecular complexity index is 1310. The molecule has 36 heavy (non-hydrogen) atoms. The SMILES string of the molecule is COc1ccc(C(=NCCN[C@@H](c2ccccc2)c2ccc(OC)cc2O)c2ccccc2)c(O)c1. The van der Waals surface area contributed by atoms with Crippen molar-refractivity contribution >= 4 is 5.71 Å². The Kier molecular flexibility index (Phi) is 8.21. The smallest absolute Gasteiger partial charge is 0.128 e. The summed E-state index contributed by atoms with van der Waals surface area (Å²) >= 11 is 0. The fourth-order valence-corrected chi connectivity index (χ4v) is 4.09. The van der Waals surface area contributed by atoms with E-state index >= 15 is 0 Å². The van der Waals surface area contributed by atoms with Crippen LogP contribution in [0.5, 0.6) is 23.0 Å². The van der Waals surface area contributed by atoms with E-state index < -0.39 is 0 Å². The molecule has 0 aliphatic rings. The van der Waals surface area contributed by atoms with Crippen molar-refractivity contribution in [2.24, 2.45) is 4.99 Å². The monoisotopic (exact) mass is 482 g/mol. The van der Waals surface area contributed by atoms with Crippen LogP contribution in [-0.4, -0.2) is 43.2 Å². The van der Waals surface area contributed by atoms with E-state index in [2.05, 4.69) is 5.32 Å². The molecule has 4 aromatic rings. The maximum absolute atomic E-state index is 10.7. The zero-order valence-corrected chi connectivity index (χ0v) is 20.4. The van der Waals surface area contributed by atoms with Crippen molar-refractivity contribution in [3.05, 3.63) is 119 Å². The topological polar surface area (TPSA) is 83.3 Å².